The fourth-order valence-electron chi connectivity index (χ4n) is 3.16. The van der Waals surface area contributed by atoms with Crippen molar-refractivity contribution in [1.29, 1.82) is 0 Å². The molecule has 0 unspecified atom stereocenters. The molecule has 122 valence electrons. The molecular formula is C19H20N4S. The van der Waals surface area contributed by atoms with Gasteiger partial charge in [-0.25, -0.2) is 4.98 Å². The van der Waals surface area contributed by atoms with Gasteiger partial charge in [0.25, 0.3) is 0 Å². The van der Waals surface area contributed by atoms with E-state index in [-0.39, 0.29) is 0 Å². The van der Waals surface area contributed by atoms with E-state index in [2.05, 4.69) is 45.2 Å². The number of nitrogen functional groups attached to an aromatic ring is 1. The maximum atomic E-state index is 5.81. The van der Waals surface area contributed by atoms with Crippen LogP contribution in [0.1, 0.15) is 16.1 Å². The van der Waals surface area contributed by atoms with Crippen molar-refractivity contribution in [3.63, 3.8) is 0 Å². The molecule has 24 heavy (non-hydrogen) atoms. The maximum absolute atomic E-state index is 5.81. The highest BCUT2D eigenvalue weighted by molar-refractivity contribution is 7.15. The van der Waals surface area contributed by atoms with Crippen molar-refractivity contribution < 1.29 is 0 Å². The van der Waals surface area contributed by atoms with Gasteiger partial charge in [0.05, 0.1) is 5.69 Å². The molecule has 0 saturated heterocycles. The summed E-state index contributed by atoms with van der Waals surface area (Å²) in [5, 5.41) is 3.12. The molecule has 0 radical (unpaired) electrons. The van der Waals surface area contributed by atoms with Crippen molar-refractivity contribution in [2.24, 2.45) is 0 Å². The Morgan fingerprint density at radius 2 is 2.08 bits per heavy atom. The quantitative estimate of drug-likeness (QED) is 0.796. The number of pyridine rings is 1. The molecule has 5 heteroatoms. The van der Waals surface area contributed by atoms with E-state index in [0.717, 1.165) is 32.5 Å². The van der Waals surface area contributed by atoms with Gasteiger partial charge in [0, 0.05) is 48.7 Å². The van der Waals surface area contributed by atoms with Gasteiger partial charge in [-0.3, -0.25) is 9.88 Å². The second-order valence-electron chi connectivity index (χ2n) is 6.11. The van der Waals surface area contributed by atoms with E-state index >= 15 is 0 Å². The number of nitrogens with two attached hydrogens (primary N) is 1. The molecule has 4 nitrogen and oxygen atoms in total. The Hall–Kier alpha value is -2.24. The van der Waals surface area contributed by atoms with Crippen LogP contribution in [0.3, 0.4) is 0 Å². The predicted molar refractivity (Wildman–Crippen MR) is 101 cm³/mol. The topological polar surface area (TPSA) is 55.0 Å². The first-order chi connectivity index (χ1) is 11.8. The summed E-state index contributed by atoms with van der Waals surface area (Å²) in [5.41, 5.74) is 8.23. The second kappa shape index (κ2) is 6.71. The Labute approximate surface area is 145 Å². The minimum absolute atomic E-state index is 0.708. The van der Waals surface area contributed by atoms with Gasteiger partial charge in [0.2, 0.25) is 0 Å². The van der Waals surface area contributed by atoms with Gasteiger partial charge in [0.15, 0.2) is 5.13 Å². The Balaban J connectivity index is 1.39. The zero-order valence-corrected chi connectivity index (χ0v) is 14.3. The summed E-state index contributed by atoms with van der Waals surface area (Å²) in [6.07, 6.45) is 10.2. The highest BCUT2D eigenvalue weighted by Crippen LogP contribution is 2.24. The van der Waals surface area contributed by atoms with Crippen LogP contribution in [0.2, 0.25) is 0 Å². The summed E-state index contributed by atoms with van der Waals surface area (Å²) >= 11 is 1.64. The van der Waals surface area contributed by atoms with Gasteiger partial charge in [-0.2, -0.15) is 0 Å². The van der Waals surface area contributed by atoms with Crippen molar-refractivity contribution in [1.82, 2.24) is 14.9 Å². The Bertz CT molecular complexity index is 858. The summed E-state index contributed by atoms with van der Waals surface area (Å²) in [7, 11) is 0. The summed E-state index contributed by atoms with van der Waals surface area (Å²) in [6.45, 7) is 3.08. The Kier molecular flexibility index (Phi) is 4.28. The van der Waals surface area contributed by atoms with Crippen molar-refractivity contribution in [3.8, 4) is 0 Å². The molecule has 3 heterocycles. The molecule has 0 atom stereocenters. The van der Waals surface area contributed by atoms with Crippen molar-refractivity contribution in [2.45, 2.75) is 12.8 Å². The first kappa shape index (κ1) is 15.3. The Morgan fingerprint density at radius 1 is 1.17 bits per heavy atom. The highest BCUT2D eigenvalue weighted by atomic mass is 32.1. The van der Waals surface area contributed by atoms with Crippen molar-refractivity contribution in [3.05, 3.63) is 58.9 Å². The van der Waals surface area contributed by atoms with E-state index in [1.807, 2.05) is 18.5 Å². The minimum Gasteiger partial charge on any atom is -0.375 e. The average Bonchev–Trinajstić information content (AvgIpc) is 2.86. The molecular weight excluding hydrogens is 316 g/mol. The fourth-order valence-corrected chi connectivity index (χ4v) is 4.02. The van der Waals surface area contributed by atoms with Crippen LogP contribution in [-0.4, -0.2) is 34.5 Å². The standard InChI is InChI=1S/C19H20N4S/c20-19-22-17-6-10-23(11-7-18(17)24-19)9-1-2-14-3-4-15-5-8-21-13-16(15)12-14/h1-5,8,12-13H,6-7,9-11H2,(H2,20,22)/b2-1+. The lowest BCUT2D eigenvalue weighted by atomic mass is 10.1. The number of nitrogens with zero attached hydrogens (tertiary/aromatic N) is 3. The lowest BCUT2D eigenvalue weighted by Crippen LogP contribution is -2.26. The number of fused-ring (bicyclic) bond motifs is 2. The molecule has 2 aromatic heterocycles. The number of anilines is 1. The van der Waals surface area contributed by atoms with E-state index in [9.17, 15) is 0 Å². The smallest absolute Gasteiger partial charge is 0.180 e. The van der Waals surface area contributed by atoms with Crippen LogP contribution in [0, 0.1) is 0 Å². The van der Waals surface area contributed by atoms with Gasteiger partial charge < -0.3 is 5.73 Å². The first-order valence-electron chi connectivity index (χ1n) is 8.25. The number of thiazole rings is 1. The number of hydrogen-bond acceptors (Lipinski definition) is 5. The largest absolute Gasteiger partial charge is 0.375 e. The molecule has 0 fully saturated rings. The summed E-state index contributed by atoms with van der Waals surface area (Å²) < 4.78 is 0. The molecule has 0 amide bonds. The van der Waals surface area contributed by atoms with Crippen molar-refractivity contribution >= 4 is 33.3 Å². The van der Waals surface area contributed by atoms with Gasteiger partial charge >= 0.3 is 0 Å². The number of aromatic nitrogens is 2. The molecule has 1 aromatic carbocycles. The third-order valence-corrected chi connectivity index (χ3v) is 5.44. The van der Waals surface area contributed by atoms with Gasteiger partial charge in [0.1, 0.15) is 0 Å². The zero-order chi connectivity index (χ0) is 16.4. The fraction of sp³-hybridized carbons (Fsp3) is 0.263. The van der Waals surface area contributed by atoms with E-state index < -0.39 is 0 Å². The minimum atomic E-state index is 0.708. The van der Waals surface area contributed by atoms with E-state index in [4.69, 9.17) is 5.73 Å². The molecule has 2 N–H and O–H groups in total. The van der Waals surface area contributed by atoms with Gasteiger partial charge in [-0.15, -0.1) is 11.3 Å². The van der Waals surface area contributed by atoms with E-state index in [1.54, 1.807) is 11.3 Å². The molecule has 3 aromatic rings. The van der Waals surface area contributed by atoms with Crippen LogP contribution >= 0.6 is 11.3 Å². The first-order valence-corrected chi connectivity index (χ1v) is 9.06. The Morgan fingerprint density at radius 3 is 3.04 bits per heavy atom. The summed E-state index contributed by atoms with van der Waals surface area (Å²) in [6, 6.07) is 8.53. The normalized spacial score (nSPS) is 15.7. The van der Waals surface area contributed by atoms with Crippen LogP contribution in [-0.2, 0) is 12.8 Å². The molecule has 0 spiro atoms. The van der Waals surface area contributed by atoms with Gasteiger partial charge in [-0.1, -0.05) is 24.3 Å². The van der Waals surface area contributed by atoms with Crippen LogP contribution in [0.25, 0.3) is 16.8 Å². The van der Waals surface area contributed by atoms with Crippen LogP contribution in [0.4, 0.5) is 5.13 Å². The summed E-state index contributed by atoms with van der Waals surface area (Å²) in [5.74, 6) is 0. The molecule has 1 aliphatic heterocycles. The van der Waals surface area contributed by atoms with Crippen LogP contribution in [0.15, 0.2) is 42.7 Å². The molecule has 0 bridgehead atoms. The molecule has 0 aliphatic carbocycles. The van der Waals surface area contributed by atoms with Crippen molar-refractivity contribution in [2.75, 3.05) is 25.4 Å². The monoisotopic (exact) mass is 336 g/mol. The molecule has 1 aliphatic rings. The second-order valence-corrected chi connectivity index (χ2v) is 7.22. The molecule has 0 saturated carbocycles. The zero-order valence-electron chi connectivity index (χ0n) is 13.5. The molecule has 4 rings (SSSR count). The summed E-state index contributed by atoms with van der Waals surface area (Å²) in [4.78, 5) is 12.5. The lowest BCUT2D eigenvalue weighted by Gasteiger charge is -2.17. The van der Waals surface area contributed by atoms with Crippen LogP contribution in [0.5, 0.6) is 0 Å². The SMILES string of the molecule is Nc1nc2c(s1)CCN(C/C=C/c1ccc3ccncc3c1)CC2. The highest BCUT2D eigenvalue weighted by Gasteiger charge is 2.16. The third-order valence-electron chi connectivity index (χ3n) is 4.45. The average molecular weight is 336 g/mol. The predicted octanol–water partition coefficient (Wildman–Crippen LogP) is 3.39. The lowest BCUT2D eigenvalue weighted by molar-refractivity contribution is 0.318. The number of benzene rings is 1. The number of hydrogen-bond donors (Lipinski definition) is 1. The van der Waals surface area contributed by atoms with E-state index in [0.29, 0.717) is 5.13 Å². The third kappa shape index (κ3) is 3.32. The maximum Gasteiger partial charge on any atom is 0.180 e. The van der Waals surface area contributed by atoms with Gasteiger partial charge in [-0.05, 0) is 29.5 Å². The van der Waals surface area contributed by atoms with E-state index in [1.165, 1.54) is 26.9 Å². The number of rotatable bonds is 3. The van der Waals surface area contributed by atoms with Crippen LogP contribution < -0.4 is 5.73 Å².